The van der Waals surface area contributed by atoms with Crippen LogP contribution in [0.5, 0.6) is 5.75 Å². The Labute approximate surface area is 217 Å². The molecule has 0 aromatic carbocycles. The van der Waals surface area contributed by atoms with Gasteiger partial charge in [0.25, 0.3) is 21.2 Å². The lowest BCUT2D eigenvalue weighted by atomic mass is 10.0. The van der Waals surface area contributed by atoms with Crippen LogP contribution in [-0.2, 0) is 21.2 Å². The molecule has 13 heteroatoms. The summed E-state index contributed by atoms with van der Waals surface area (Å²) in [6.45, 7) is 10.7. The first-order valence-electron chi connectivity index (χ1n) is 11.6. The number of sulfonamides is 1. The second-order valence-electron chi connectivity index (χ2n) is 9.09. The van der Waals surface area contributed by atoms with Gasteiger partial charge in [0.2, 0.25) is 0 Å². The van der Waals surface area contributed by atoms with Crippen LogP contribution >= 0.6 is 22.7 Å². The molecule has 3 atom stereocenters. The van der Waals surface area contributed by atoms with Crippen molar-refractivity contribution < 1.29 is 17.7 Å². The average Bonchev–Trinajstić information content (AvgIpc) is 3.55. The fourth-order valence-electron chi connectivity index (χ4n) is 4.28. The van der Waals surface area contributed by atoms with Crippen molar-refractivity contribution >= 4 is 61.2 Å². The summed E-state index contributed by atoms with van der Waals surface area (Å²) in [4.78, 5) is 2.37. The highest BCUT2D eigenvalue weighted by atomic mass is 32.2. The molecule has 35 heavy (non-hydrogen) atoms. The highest BCUT2D eigenvalue weighted by Gasteiger charge is 2.38. The van der Waals surface area contributed by atoms with Crippen LogP contribution in [0.15, 0.2) is 24.5 Å². The van der Waals surface area contributed by atoms with Gasteiger partial charge in [-0.05, 0) is 50.7 Å². The topological polar surface area (TPSA) is 123 Å². The van der Waals surface area contributed by atoms with Gasteiger partial charge in [0.15, 0.2) is 21.6 Å². The summed E-state index contributed by atoms with van der Waals surface area (Å²) >= 11 is 0.839. The SMILES string of the molecule is CCC1CCCN1S(=O)(=O)c1scc(NC2=NS(=O)N=C2N[C@@H](c2cc(C)c(C)s2)C(C)C)c1O. The van der Waals surface area contributed by atoms with Gasteiger partial charge < -0.3 is 15.7 Å². The molecule has 1 fully saturated rings. The number of nitrogens with one attached hydrogen (secondary N) is 2. The van der Waals surface area contributed by atoms with Gasteiger partial charge in [0, 0.05) is 27.7 Å². The third-order valence-electron chi connectivity index (χ3n) is 6.34. The number of anilines is 1. The molecule has 2 aromatic heterocycles. The normalized spacial score (nSPS) is 21.9. The molecule has 2 aliphatic rings. The van der Waals surface area contributed by atoms with Gasteiger partial charge in [-0.3, -0.25) is 0 Å². The molecule has 0 radical (unpaired) electrons. The van der Waals surface area contributed by atoms with Crippen molar-refractivity contribution in [1.82, 2.24) is 9.62 Å². The Morgan fingerprint density at radius 1 is 1.29 bits per heavy atom. The number of aryl methyl sites for hydroxylation is 2. The second-order valence-corrected chi connectivity index (χ2v) is 14.2. The van der Waals surface area contributed by atoms with Crippen molar-refractivity contribution in [3.63, 3.8) is 0 Å². The number of amidine groups is 2. The fraction of sp³-hybridized carbons (Fsp3) is 0.545. The first-order chi connectivity index (χ1) is 16.5. The van der Waals surface area contributed by atoms with Gasteiger partial charge in [-0.25, -0.2) is 12.6 Å². The maximum Gasteiger partial charge on any atom is 0.269 e. The van der Waals surface area contributed by atoms with Crippen LogP contribution in [0.25, 0.3) is 0 Å². The number of hydrogen-bond donors (Lipinski definition) is 3. The maximum atomic E-state index is 13.2. The first kappa shape index (κ1) is 26.3. The minimum Gasteiger partial charge on any atom is -0.504 e. The maximum absolute atomic E-state index is 13.2. The molecule has 2 aromatic rings. The molecule has 0 bridgehead atoms. The van der Waals surface area contributed by atoms with Crippen molar-refractivity contribution in [2.75, 3.05) is 11.9 Å². The standard InChI is InChI=1S/C22H31N5O4S4/c1-6-15-8-7-9-27(15)35(30,31)22-19(28)16(11-32-22)23-20-21(26-34(29)25-20)24-18(12(2)3)17-10-13(4)14(5)33-17/h10-12,15,18,28H,6-9H2,1-5H3,(H,23,25)(H,24,26)/t15?,18-,34?/m1/s1. The van der Waals surface area contributed by atoms with E-state index in [9.17, 15) is 17.7 Å². The summed E-state index contributed by atoms with van der Waals surface area (Å²) in [6.07, 6.45) is 2.36. The zero-order valence-electron chi connectivity index (χ0n) is 20.4. The molecule has 192 valence electrons. The van der Waals surface area contributed by atoms with Gasteiger partial charge in [-0.2, -0.15) is 4.31 Å². The largest absolute Gasteiger partial charge is 0.504 e. The number of aromatic hydroxyl groups is 1. The molecule has 9 nitrogen and oxygen atoms in total. The second kappa shape index (κ2) is 10.3. The predicted molar refractivity (Wildman–Crippen MR) is 144 cm³/mol. The minimum atomic E-state index is -3.82. The Balaban J connectivity index is 1.56. The summed E-state index contributed by atoms with van der Waals surface area (Å²) in [7, 11) is -3.82. The van der Waals surface area contributed by atoms with Crippen molar-refractivity contribution in [2.24, 2.45) is 14.7 Å². The Bertz CT molecular complexity index is 1280. The van der Waals surface area contributed by atoms with E-state index in [4.69, 9.17) is 0 Å². The van der Waals surface area contributed by atoms with E-state index < -0.39 is 21.2 Å². The predicted octanol–water partition coefficient (Wildman–Crippen LogP) is 4.48. The summed E-state index contributed by atoms with van der Waals surface area (Å²) in [5.41, 5.74) is 1.40. The summed E-state index contributed by atoms with van der Waals surface area (Å²) < 4.78 is 48.2. The van der Waals surface area contributed by atoms with Crippen LogP contribution in [0.1, 0.15) is 61.4 Å². The Morgan fingerprint density at radius 2 is 2.00 bits per heavy atom. The number of nitrogens with zero attached hydrogens (tertiary/aromatic N) is 3. The van der Waals surface area contributed by atoms with E-state index >= 15 is 0 Å². The molecular formula is C22H31N5O4S4. The molecule has 0 spiro atoms. The van der Waals surface area contributed by atoms with Gasteiger partial charge >= 0.3 is 0 Å². The lowest BCUT2D eigenvalue weighted by molar-refractivity contribution is 0.377. The van der Waals surface area contributed by atoms with Crippen LogP contribution < -0.4 is 10.6 Å². The molecule has 2 unspecified atom stereocenters. The smallest absolute Gasteiger partial charge is 0.269 e. The molecular weight excluding hydrogens is 527 g/mol. The minimum absolute atomic E-state index is 0.0556. The quantitative estimate of drug-likeness (QED) is 0.461. The molecule has 0 saturated carbocycles. The number of rotatable bonds is 7. The molecule has 2 aliphatic heterocycles. The van der Waals surface area contributed by atoms with Crippen LogP contribution in [0.3, 0.4) is 0 Å². The Kier molecular flexibility index (Phi) is 7.72. The van der Waals surface area contributed by atoms with Crippen LogP contribution in [0.2, 0.25) is 0 Å². The van der Waals surface area contributed by atoms with Crippen LogP contribution in [0, 0.1) is 19.8 Å². The molecule has 3 N–H and O–H groups in total. The fourth-order valence-corrected chi connectivity index (χ4v) is 9.29. The van der Waals surface area contributed by atoms with E-state index in [2.05, 4.69) is 53.2 Å². The van der Waals surface area contributed by atoms with Crippen molar-refractivity contribution in [1.29, 1.82) is 0 Å². The number of hydrogen-bond acceptors (Lipinski definition) is 8. The van der Waals surface area contributed by atoms with Gasteiger partial charge in [0.1, 0.15) is 0 Å². The van der Waals surface area contributed by atoms with E-state index in [1.54, 1.807) is 11.3 Å². The first-order valence-corrected chi connectivity index (χ1v) is 15.8. The lowest BCUT2D eigenvalue weighted by Crippen LogP contribution is -2.38. The van der Waals surface area contributed by atoms with E-state index in [0.717, 1.165) is 35.5 Å². The lowest BCUT2D eigenvalue weighted by Gasteiger charge is -2.23. The summed E-state index contributed by atoms with van der Waals surface area (Å²) in [6, 6.07) is 2.00. The Hall–Kier alpha value is -1.80. The average molecular weight is 558 g/mol. The third kappa shape index (κ3) is 5.19. The monoisotopic (exact) mass is 557 g/mol. The molecule has 0 amide bonds. The summed E-state index contributed by atoms with van der Waals surface area (Å²) in [5, 5.41) is 18.7. The number of thiophene rings is 2. The highest BCUT2D eigenvalue weighted by Crippen LogP contribution is 2.41. The van der Waals surface area contributed by atoms with Crippen molar-refractivity contribution in [2.45, 2.75) is 70.2 Å². The summed E-state index contributed by atoms with van der Waals surface area (Å²) in [5.74, 6) is 0.361. The van der Waals surface area contributed by atoms with E-state index in [-0.39, 0.29) is 39.5 Å². The molecule has 4 heterocycles. The zero-order valence-corrected chi connectivity index (χ0v) is 23.6. The van der Waals surface area contributed by atoms with Gasteiger partial charge in [-0.1, -0.05) is 20.8 Å². The van der Waals surface area contributed by atoms with Crippen LogP contribution in [-0.4, -0.2) is 46.3 Å². The molecule has 0 aliphatic carbocycles. The molecule has 1 saturated heterocycles. The van der Waals surface area contributed by atoms with E-state index in [0.29, 0.717) is 12.4 Å². The highest BCUT2D eigenvalue weighted by molar-refractivity contribution is 7.91. The van der Waals surface area contributed by atoms with Crippen LogP contribution in [0.4, 0.5) is 5.69 Å². The van der Waals surface area contributed by atoms with Crippen molar-refractivity contribution in [3.05, 3.63) is 26.8 Å². The molecule has 4 rings (SSSR count). The van der Waals surface area contributed by atoms with Gasteiger partial charge in [-0.15, -0.1) is 31.5 Å². The van der Waals surface area contributed by atoms with E-state index in [1.165, 1.54) is 20.1 Å². The third-order valence-corrected chi connectivity index (χ3v) is 11.7. The van der Waals surface area contributed by atoms with E-state index in [1.807, 2.05) is 6.92 Å². The zero-order chi connectivity index (χ0) is 25.5. The Morgan fingerprint density at radius 3 is 2.63 bits per heavy atom. The van der Waals surface area contributed by atoms with Crippen molar-refractivity contribution in [3.8, 4) is 5.75 Å². The van der Waals surface area contributed by atoms with Gasteiger partial charge in [0.05, 0.1) is 11.7 Å².